The van der Waals surface area contributed by atoms with E-state index in [4.69, 9.17) is 0 Å². The maximum atomic E-state index is 13.2. The number of carbonyl (C=O) groups excluding carboxylic acids is 2. The molecule has 1 saturated heterocycles. The third-order valence-electron chi connectivity index (χ3n) is 6.20. The van der Waals surface area contributed by atoms with E-state index in [1.54, 1.807) is 17.0 Å². The maximum absolute atomic E-state index is 13.2. The second kappa shape index (κ2) is 9.35. The van der Waals surface area contributed by atoms with E-state index in [1.165, 1.54) is 12.1 Å². The molecule has 1 heterocycles. The number of aryl methyl sites for hydroxylation is 2. The standard InChI is InChI=1S/C27H27FN2O2/c1-18-7-11-21(12-8-18)24-16-30(27(32)23-6-4-3-5-19(23)2)17-25(24)26(31)29-15-20-9-13-22(28)14-10-20/h3-14,24-25H,15-17H2,1-2H3,(H,29,31). The number of nitrogens with zero attached hydrogens (tertiary/aromatic N) is 1. The van der Waals surface area contributed by atoms with Crippen molar-refractivity contribution < 1.29 is 14.0 Å². The molecule has 2 amide bonds. The number of hydrogen-bond acceptors (Lipinski definition) is 2. The summed E-state index contributed by atoms with van der Waals surface area (Å²) in [7, 11) is 0. The molecule has 4 rings (SSSR count). The molecule has 1 N–H and O–H groups in total. The Morgan fingerprint density at radius 3 is 2.31 bits per heavy atom. The molecule has 1 aliphatic heterocycles. The summed E-state index contributed by atoms with van der Waals surface area (Å²) in [5, 5.41) is 2.98. The summed E-state index contributed by atoms with van der Waals surface area (Å²) in [6.45, 7) is 5.13. The van der Waals surface area contributed by atoms with Crippen LogP contribution in [0.2, 0.25) is 0 Å². The highest BCUT2D eigenvalue weighted by molar-refractivity contribution is 5.96. The summed E-state index contributed by atoms with van der Waals surface area (Å²) in [4.78, 5) is 28.2. The van der Waals surface area contributed by atoms with E-state index in [1.807, 2.05) is 62.4 Å². The van der Waals surface area contributed by atoms with Crippen LogP contribution in [-0.4, -0.2) is 29.8 Å². The molecule has 32 heavy (non-hydrogen) atoms. The Morgan fingerprint density at radius 1 is 0.938 bits per heavy atom. The fraction of sp³-hybridized carbons (Fsp3) is 0.259. The van der Waals surface area contributed by atoms with E-state index in [0.717, 1.165) is 22.3 Å². The number of hydrogen-bond donors (Lipinski definition) is 1. The number of amides is 2. The molecule has 0 aliphatic carbocycles. The van der Waals surface area contributed by atoms with Crippen LogP contribution < -0.4 is 5.32 Å². The monoisotopic (exact) mass is 430 g/mol. The largest absolute Gasteiger partial charge is 0.352 e. The molecule has 0 saturated carbocycles. The van der Waals surface area contributed by atoms with Gasteiger partial charge in [-0.1, -0.05) is 60.2 Å². The lowest BCUT2D eigenvalue weighted by molar-refractivity contribution is -0.125. The van der Waals surface area contributed by atoms with Crippen LogP contribution in [0.25, 0.3) is 0 Å². The minimum Gasteiger partial charge on any atom is -0.352 e. The van der Waals surface area contributed by atoms with Gasteiger partial charge in [-0.3, -0.25) is 9.59 Å². The predicted octanol–water partition coefficient (Wildman–Crippen LogP) is 4.61. The van der Waals surface area contributed by atoms with Crippen molar-refractivity contribution in [2.75, 3.05) is 13.1 Å². The van der Waals surface area contributed by atoms with Crippen LogP contribution in [0.15, 0.2) is 72.8 Å². The summed E-state index contributed by atoms with van der Waals surface area (Å²) in [6.07, 6.45) is 0. The number of likely N-dealkylation sites (tertiary alicyclic amines) is 1. The second-order valence-corrected chi connectivity index (χ2v) is 8.49. The van der Waals surface area contributed by atoms with Crippen molar-refractivity contribution in [1.82, 2.24) is 10.2 Å². The van der Waals surface area contributed by atoms with E-state index in [0.29, 0.717) is 25.2 Å². The minimum atomic E-state index is -0.355. The van der Waals surface area contributed by atoms with Crippen LogP contribution in [-0.2, 0) is 11.3 Å². The van der Waals surface area contributed by atoms with Gasteiger partial charge in [-0.2, -0.15) is 0 Å². The SMILES string of the molecule is Cc1ccc(C2CN(C(=O)c3ccccc3C)CC2C(=O)NCc2ccc(F)cc2)cc1. The molecule has 164 valence electrons. The third-order valence-corrected chi connectivity index (χ3v) is 6.20. The van der Waals surface area contributed by atoms with E-state index in [2.05, 4.69) is 5.32 Å². The average molecular weight is 431 g/mol. The molecule has 1 fully saturated rings. The van der Waals surface area contributed by atoms with Gasteiger partial charge in [0.25, 0.3) is 5.91 Å². The van der Waals surface area contributed by atoms with E-state index < -0.39 is 0 Å². The van der Waals surface area contributed by atoms with Crippen molar-refractivity contribution in [3.8, 4) is 0 Å². The smallest absolute Gasteiger partial charge is 0.254 e. The molecule has 0 aromatic heterocycles. The summed E-state index contributed by atoms with van der Waals surface area (Å²) in [5.41, 5.74) is 4.63. The van der Waals surface area contributed by atoms with Crippen LogP contribution in [0.3, 0.4) is 0 Å². The molecule has 2 atom stereocenters. The number of benzene rings is 3. The highest BCUT2D eigenvalue weighted by Gasteiger charge is 2.40. The molecule has 0 radical (unpaired) electrons. The maximum Gasteiger partial charge on any atom is 0.254 e. The van der Waals surface area contributed by atoms with Gasteiger partial charge in [0.2, 0.25) is 5.91 Å². The first-order valence-electron chi connectivity index (χ1n) is 10.9. The van der Waals surface area contributed by atoms with Gasteiger partial charge in [-0.25, -0.2) is 4.39 Å². The zero-order valence-corrected chi connectivity index (χ0v) is 18.3. The molecule has 1 aliphatic rings. The van der Waals surface area contributed by atoms with E-state index >= 15 is 0 Å². The molecule has 3 aromatic carbocycles. The van der Waals surface area contributed by atoms with Crippen LogP contribution >= 0.6 is 0 Å². The first-order valence-corrected chi connectivity index (χ1v) is 10.9. The number of rotatable bonds is 5. The Balaban J connectivity index is 1.55. The van der Waals surface area contributed by atoms with Crippen molar-refractivity contribution in [3.63, 3.8) is 0 Å². The molecule has 0 spiro atoms. The van der Waals surface area contributed by atoms with E-state index in [9.17, 15) is 14.0 Å². The van der Waals surface area contributed by atoms with Gasteiger partial charge < -0.3 is 10.2 Å². The number of carbonyl (C=O) groups is 2. The zero-order chi connectivity index (χ0) is 22.7. The summed E-state index contributed by atoms with van der Waals surface area (Å²) >= 11 is 0. The van der Waals surface area contributed by atoms with Crippen LogP contribution in [0.1, 0.15) is 38.5 Å². The minimum absolute atomic E-state index is 0.0472. The molecule has 2 unspecified atom stereocenters. The zero-order valence-electron chi connectivity index (χ0n) is 18.3. The summed E-state index contributed by atoms with van der Waals surface area (Å²) in [5.74, 6) is -0.891. The van der Waals surface area contributed by atoms with Crippen LogP contribution in [0, 0.1) is 25.6 Å². The van der Waals surface area contributed by atoms with Gasteiger partial charge in [0.15, 0.2) is 0 Å². The van der Waals surface area contributed by atoms with Gasteiger partial charge >= 0.3 is 0 Å². The first-order chi connectivity index (χ1) is 15.4. The quantitative estimate of drug-likeness (QED) is 0.642. The molecular weight excluding hydrogens is 403 g/mol. The van der Waals surface area contributed by atoms with Crippen molar-refractivity contribution in [3.05, 3.63) is 106 Å². The van der Waals surface area contributed by atoms with Gasteiger partial charge in [0.05, 0.1) is 5.92 Å². The fourth-order valence-corrected chi connectivity index (χ4v) is 4.29. The Morgan fingerprint density at radius 2 is 1.62 bits per heavy atom. The van der Waals surface area contributed by atoms with Crippen molar-refractivity contribution >= 4 is 11.8 Å². The Bertz CT molecular complexity index is 1110. The van der Waals surface area contributed by atoms with Crippen LogP contribution in [0.4, 0.5) is 4.39 Å². The normalized spacial score (nSPS) is 17.9. The van der Waals surface area contributed by atoms with Crippen molar-refractivity contribution in [2.45, 2.75) is 26.3 Å². The molecule has 4 nitrogen and oxygen atoms in total. The van der Waals surface area contributed by atoms with Crippen molar-refractivity contribution in [2.24, 2.45) is 5.92 Å². The summed E-state index contributed by atoms with van der Waals surface area (Å²) < 4.78 is 13.2. The van der Waals surface area contributed by atoms with Gasteiger partial charge in [0, 0.05) is 31.1 Å². The molecular formula is C27H27FN2O2. The van der Waals surface area contributed by atoms with Crippen LogP contribution in [0.5, 0.6) is 0 Å². The highest BCUT2D eigenvalue weighted by atomic mass is 19.1. The highest BCUT2D eigenvalue weighted by Crippen LogP contribution is 2.34. The lowest BCUT2D eigenvalue weighted by Crippen LogP contribution is -2.35. The predicted molar refractivity (Wildman–Crippen MR) is 123 cm³/mol. The Labute approximate surface area is 188 Å². The second-order valence-electron chi connectivity index (χ2n) is 8.49. The number of halogens is 1. The molecule has 0 bridgehead atoms. The Hall–Kier alpha value is -3.47. The van der Waals surface area contributed by atoms with Gasteiger partial charge in [0.1, 0.15) is 5.82 Å². The lowest BCUT2D eigenvalue weighted by atomic mass is 9.88. The fourth-order valence-electron chi connectivity index (χ4n) is 4.29. The third kappa shape index (κ3) is 4.72. The van der Waals surface area contributed by atoms with Crippen molar-refractivity contribution in [1.29, 1.82) is 0 Å². The first kappa shape index (κ1) is 21.8. The molecule has 5 heteroatoms. The summed E-state index contributed by atoms with van der Waals surface area (Å²) in [6, 6.07) is 21.8. The van der Waals surface area contributed by atoms with Gasteiger partial charge in [-0.15, -0.1) is 0 Å². The Kier molecular flexibility index (Phi) is 6.35. The van der Waals surface area contributed by atoms with E-state index in [-0.39, 0.29) is 29.5 Å². The number of nitrogens with one attached hydrogen (secondary N) is 1. The topological polar surface area (TPSA) is 49.4 Å². The lowest BCUT2D eigenvalue weighted by Gasteiger charge is -2.18. The van der Waals surface area contributed by atoms with Gasteiger partial charge in [-0.05, 0) is 48.7 Å². The molecule has 3 aromatic rings. The average Bonchev–Trinajstić information content (AvgIpc) is 3.24.